The zero-order chi connectivity index (χ0) is 9.72. The molecular weight excluding hydrogens is 171 g/mol. The van der Waals surface area contributed by atoms with Crippen LogP contribution in [0.1, 0.15) is 6.42 Å². The molecule has 0 aromatic carbocycles. The van der Waals surface area contributed by atoms with Crippen molar-refractivity contribution >= 4 is 6.04 Å². The van der Waals surface area contributed by atoms with E-state index in [0.29, 0.717) is 0 Å². The molecule has 0 saturated carbocycles. The molecule has 0 aliphatic rings. The minimum atomic E-state index is -1.79. The summed E-state index contributed by atoms with van der Waals surface area (Å²) in [5, 5.41) is 34.7. The average molecular weight is 182 g/mol. The molecule has 12 heavy (non-hydrogen) atoms. The maximum atomic E-state index is 11.6. The lowest BCUT2D eigenvalue weighted by molar-refractivity contribution is -0.136. The SMILES string of the molecule is O=C(F)C[C@H](O)[C@@H](O)[C@@H](O)CO. The zero-order valence-electron chi connectivity index (χ0n) is 6.22. The maximum Gasteiger partial charge on any atom is 0.304 e. The number of aliphatic hydroxyl groups is 4. The van der Waals surface area contributed by atoms with Crippen molar-refractivity contribution in [2.45, 2.75) is 24.7 Å². The monoisotopic (exact) mass is 182 g/mol. The van der Waals surface area contributed by atoms with E-state index in [1.54, 1.807) is 0 Å². The Balaban J connectivity index is 3.91. The van der Waals surface area contributed by atoms with Crippen LogP contribution in [0, 0.1) is 0 Å². The van der Waals surface area contributed by atoms with Gasteiger partial charge < -0.3 is 20.4 Å². The Kier molecular flexibility index (Phi) is 4.91. The molecule has 0 aliphatic carbocycles. The first-order valence-corrected chi connectivity index (χ1v) is 3.32. The van der Waals surface area contributed by atoms with Crippen LogP contribution < -0.4 is 0 Å². The van der Waals surface area contributed by atoms with Crippen LogP contribution in [0.25, 0.3) is 0 Å². The fourth-order valence-electron chi connectivity index (χ4n) is 0.650. The molecule has 4 N–H and O–H groups in total. The molecule has 0 radical (unpaired) electrons. The van der Waals surface area contributed by atoms with E-state index in [-0.39, 0.29) is 0 Å². The largest absolute Gasteiger partial charge is 0.394 e. The summed E-state index contributed by atoms with van der Waals surface area (Å²) in [7, 11) is 0. The standard InChI is InChI=1S/C6H11FO5/c7-5(11)1-3(9)6(12)4(10)2-8/h3-4,6,8-10,12H,1-2H2/t3-,4-,6+/m0/s1. The van der Waals surface area contributed by atoms with E-state index in [1.807, 2.05) is 0 Å². The van der Waals surface area contributed by atoms with Gasteiger partial charge in [0.25, 0.3) is 0 Å². The third kappa shape index (κ3) is 3.72. The summed E-state index contributed by atoms with van der Waals surface area (Å²) in [6.07, 6.45) is -5.86. The van der Waals surface area contributed by atoms with E-state index in [2.05, 4.69) is 0 Å². The van der Waals surface area contributed by atoms with Crippen molar-refractivity contribution in [3.63, 3.8) is 0 Å². The van der Waals surface area contributed by atoms with Crippen LogP contribution >= 0.6 is 0 Å². The predicted molar refractivity (Wildman–Crippen MR) is 35.8 cm³/mol. The molecule has 0 aromatic rings. The first-order valence-electron chi connectivity index (χ1n) is 3.32. The van der Waals surface area contributed by atoms with Crippen molar-refractivity contribution in [2.75, 3.05) is 6.61 Å². The Morgan fingerprint density at radius 3 is 2.08 bits per heavy atom. The van der Waals surface area contributed by atoms with Gasteiger partial charge in [-0.2, -0.15) is 4.39 Å². The highest BCUT2D eigenvalue weighted by Gasteiger charge is 2.25. The molecule has 0 fully saturated rings. The quantitative estimate of drug-likeness (QED) is 0.367. The molecule has 0 unspecified atom stereocenters. The summed E-state index contributed by atoms with van der Waals surface area (Å²) in [5.74, 6) is 0. The van der Waals surface area contributed by atoms with Crippen LogP contribution in [0.3, 0.4) is 0 Å². The van der Waals surface area contributed by atoms with Crippen LogP contribution in [-0.4, -0.2) is 51.4 Å². The number of carbonyl (C=O) groups is 1. The molecule has 5 nitrogen and oxygen atoms in total. The Morgan fingerprint density at radius 1 is 1.25 bits per heavy atom. The Bertz CT molecular complexity index is 151. The number of rotatable bonds is 5. The van der Waals surface area contributed by atoms with E-state index in [9.17, 15) is 9.18 Å². The predicted octanol–water partition coefficient (Wildman–Crippen LogP) is -2.05. The summed E-state index contributed by atoms with van der Waals surface area (Å²) < 4.78 is 11.6. The van der Waals surface area contributed by atoms with Gasteiger partial charge in [0.05, 0.1) is 19.1 Å². The van der Waals surface area contributed by atoms with E-state index in [0.717, 1.165) is 0 Å². The minimum Gasteiger partial charge on any atom is -0.394 e. The lowest BCUT2D eigenvalue weighted by Crippen LogP contribution is -2.40. The molecule has 3 atom stereocenters. The normalized spacial score (nSPS) is 18.4. The zero-order valence-corrected chi connectivity index (χ0v) is 6.22. The molecule has 0 aliphatic heterocycles. The highest BCUT2D eigenvalue weighted by atomic mass is 19.1. The maximum absolute atomic E-state index is 11.6. The molecule has 72 valence electrons. The van der Waals surface area contributed by atoms with E-state index >= 15 is 0 Å². The number of halogens is 1. The average Bonchev–Trinajstić information content (AvgIpc) is 2.00. The van der Waals surface area contributed by atoms with Gasteiger partial charge in [-0.25, -0.2) is 0 Å². The van der Waals surface area contributed by atoms with Gasteiger partial charge in [0.1, 0.15) is 12.2 Å². The summed E-state index contributed by atoms with van der Waals surface area (Å²) in [6, 6.07) is -1.79. The van der Waals surface area contributed by atoms with Crippen molar-refractivity contribution in [3.8, 4) is 0 Å². The van der Waals surface area contributed by atoms with Crippen LogP contribution in [0.5, 0.6) is 0 Å². The van der Waals surface area contributed by atoms with Crippen LogP contribution in [0.4, 0.5) is 4.39 Å². The highest BCUT2D eigenvalue weighted by molar-refractivity contribution is 5.68. The van der Waals surface area contributed by atoms with Crippen LogP contribution in [-0.2, 0) is 4.79 Å². The molecule has 0 saturated heterocycles. The second kappa shape index (κ2) is 5.15. The summed E-state index contributed by atoms with van der Waals surface area (Å²) >= 11 is 0. The number of carbonyl (C=O) groups excluding carboxylic acids is 1. The van der Waals surface area contributed by atoms with Gasteiger partial charge in [-0.05, 0) is 0 Å². The van der Waals surface area contributed by atoms with Gasteiger partial charge in [-0.1, -0.05) is 0 Å². The Labute approximate surface area is 68.1 Å². The van der Waals surface area contributed by atoms with Gasteiger partial charge in [-0.3, -0.25) is 4.79 Å². The van der Waals surface area contributed by atoms with Crippen molar-refractivity contribution < 1.29 is 29.6 Å². The first-order chi connectivity index (χ1) is 5.49. The van der Waals surface area contributed by atoms with Crippen molar-refractivity contribution in [1.29, 1.82) is 0 Å². The van der Waals surface area contributed by atoms with Gasteiger partial charge in [-0.15, -0.1) is 0 Å². The lowest BCUT2D eigenvalue weighted by atomic mass is 10.1. The molecule has 0 aromatic heterocycles. The number of hydrogen-bond donors (Lipinski definition) is 4. The smallest absolute Gasteiger partial charge is 0.304 e. The fourth-order valence-corrected chi connectivity index (χ4v) is 0.650. The molecule has 0 bridgehead atoms. The van der Waals surface area contributed by atoms with Gasteiger partial charge in [0.2, 0.25) is 0 Å². The second-order valence-electron chi connectivity index (χ2n) is 2.37. The van der Waals surface area contributed by atoms with Gasteiger partial charge in [0.15, 0.2) is 0 Å². The van der Waals surface area contributed by atoms with E-state index in [4.69, 9.17) is 20.4 Å². The molecule has 0 heterocycles. The molecule has 6 heteroatoms. The summed E-state index contributed by atoms with van der Waals surface area (Å²) in [5.41, 5.74) is 0. The third-order valence-corrected chi connectivity index (χ3v) is 1.35. The summed E-state index contributed by atoms with van der Waals surface area (Å²) in [6.45, 7) is -0.765. The van der Waals surface area contributed by atoms with Crippen LogP contribution in [0.15, 0.2) is 0 Å². The second-order valence-corrected chi connectivity index (χ2v) is 2.37. The van der Waals surface area contributed by atoms with Gasteiger partial charge >= 0.3 is 6.04 Å². The van der Waals surface area contributed by atoms with Crippen molar-refractivity contribution in [2.24, 2.45) is 0 Å². The molecule has 0 rings (SSSR count). The molecule has 0 amide bonds. The topological polar surface area (TPSA) is 98.0 Å². The van der Waals surface area contributed by atoms with Crippen LogP contribution in [0.2, 0.25) is 0 Å². The molecule has 0 spiro atoms. The van der Waals surface area contributed by atoms with Crippen molar-refractivity contribution in [1.82, 2.24) is 0 Å². The first kappa shape index (κ1) is 11.4. The highest BCUT2D eigenvalue weighted by Crippen LogP contribution is 2.04. The lowest BCUT2D eigenvalue weighted by Gasteiger charge is -2.19. The Hall–Kier alpha value is -0.560. The third-order valence-electron chi connectivity index (χ3n) is 1.35. The van der Waals surface area contributed by atoms with E-state index < -0.39 is 37.4 Å². The number of hydrogen-bond acceptors (Lipinski definition) is 5. The van der Waals surface area contributed by atoms with Gasteiger partial charge in [0, 0.05) is 0 Å². The van der Waals surface area contributed by atoms with E-state index in [1.165, 1.54) is 0 Å². The fraction of sp³-hybridized carbons (Fsp3) is 0.833. The minimum absolute atomic E-state index is 0.765. The summed E-state index contributed by atoms with van der Waals surface area (Å²) in [4.78, 5) is 9.79. The molecular formula is C6H11FO5. The Morgan fingerprint density at radius 2 is 1.75 bits per heavy atom. The number of aliphatic hydroxyl groups excluding tert-OH is 4. The van der Waals surface area contributed by atoms with Crippen molar-refractivity contribution in [3.05, 3.63) is 0 Å².